The predicted octanol–water partition coefficient (Wildman–Crippen LogP) is 3.08. The Balaban J connectivity index is 2.58. The third-order valence-corrected chi connectivity index (χ3v) is 3.17. The average Bonchev–Trinajstić information content (AvgIpc) is 2.90. The third-order valence-electron chi connectivity index (χ3n) is 2.41. The number of nitrogens with zero attached hydrogens (tertiary/aromatic N) is 1. The highest BCUT2D eigenvalue weighted by Gasteiger charge is 2.14. The van der Waals surface area contributed by atoms with Gasteiger partial charge in [0.1, 0.15) is 11.5 Å². The summed E-state index contributed by atoms with van der Waals surface area (Å²) >= 11 is 1.60. The zero-order chi connectivity index (χ0) is 12.3. The van der Waals surface area contributed by atoms with Crippen molar-refractivity contribution in [3.8, 4) is 22.8 Å². The average molecular weight is 251 g/mol. The molecule has 2 aromatic rings. The van der Waals surface area contributed by atoms with Gasteiger partial charge in [0, 0.05) is 6.07 Å². The predicted molar refractivity (Wildman–Crippen MR) is 66.8 cm³/mol. The molecule has 2 rings (SSSR count). The summed E-state index contributed by atoms with van der Waals surface area (Å²) in [4.78, 5) is 1.02. The fourth-order valence-electron chi connectivity index (χ4n) is 1.58. The first-order chi connectivity index (χ1) is 8.30. The maximum absolute atomic E-state index is 5.35. The van der Waals surface area contributed by atoms with Gasteiger partial charge in [-0.2, -0.15) is 0 Å². The highest BCUT2D eigenvalue weighted by atomic mass is 32.2. The van der Waals surface area contributed by atoms with Crippen LogP contribution in [0.15, 0.2) is 33.8 Å². The Morgan fingerprint density at radius 1 is 1.18 bits per heavy atom. The molecule has 0 aliphatic rings. The maximum Gasteiger partial charge on any atom is 0.170 e. The zero-order valence-electron chi connectivity index (χ0n) is 9.89. The molecule has 90 valence electrons. The molecule has 1 aromatic heterocycles. The first-order valence-electron chi connectivity index (χ1n) is 5.01. The summed E-state index contributed by atoms with van der Waals surface area (Å²) < 4.78 is 15.8. The SMILES string of the molecule is COc1cc(-c2ccno2)c(OC)cc1SC. The number of aromatic nitrogens is 1. The molecule has 1 aromatic carbocycles. The second-order valence-corrected chi connectivity index (χ2v) is 4.13. The van der Waals surface area contributed by atoms with E-state index in [1.165, 1.54) is 0 Å². The van der Waals surface area contributed by atoms with Crippen LogP contribution in [-0.2, 0) is 0 Å². The van der Waals surface area contributed by atoms with E-state index < -0.39 is 0 Å². The molecule has 0 saturated heterocycles. The minimum atomic E-state index is 0.660. The van der Waals surface area contributed by atoms with Gasteiger partial charge in [0.05, 0.1) is 30.9 Å². The highest BCUT2D eigenvalue weighted by Crippen LogP contribution is 2.39. The Morgan fingerprint density at radius 3 is 2.47 bits per heavy atom. The van der Waals surface area contributed by atoms with Crippen LogP contribution in [0.3, 0.4) is 0 Å². The minimum absolute atomic E-state index is 0.660. The molecule has 0 unspecified atom stereocenters. The Morgan fingerprint density at radius 2 is 1.94 bits per heavy atom. The van der Waals surface area contributed by atoms with Crippen LogP contribution >= 0.6 is 11.8 Å². The Labute approximate surface area is 104 Å². The molecular weight excluding hydrogens is 238 g/mol. The van der Waals surface area contributed by atoms with Crippen molar-refractivity contribution in [2.24, 2.45) is 0 Å². The van der Waals surface area contributed by atoms with Crippen molar-refractivity contribution in [1.29, 1.82) is 0 Å². The molecule has 0 fully saturated rings. The lowest BCUT2D eigenvalue weighted by molar-refractivity contribution is 0.390. The van der Waals surface area contributed by atoms with Crippen molar-refractivity contribution < 1.29 is 14.0 Å². The van der Waals surface area contributed by atoms with Crippen LogP contribution in [0.1, 0.15) is 0 Å². The number of hydrogen-bond donors (Lipinski definition) is 0. The van der Waals surface area contributed by atoms with Crippen molar-refractivity contribution in [3.05, 3.63) is 24.4 Å². The minimum Gasteiger partial charge on any atom is -0.496 e. The van der Waals surface area contributed by atoms with Gasteiger partial charge in [-0.25, -0.2) is 0 Å². The van der Waals surface area contributed by atoms with Crippen LogP contribution < -0.4 is 9.47 Å². The van der Waals surface area contributed by atoms with Crippen LogP contribution in [-0.4, -0.2) is 25.6 Å². The van der Waals surface area contributed by atoms with Crippen LogP contribution in [0.5, 0.6) is 11.5 Å². The summed E-state index contributed by atoms with van der Waals surface area (Å²) in [5.41, 5.74) is 0.833. The van der Waals surface area contributed by atoms with Gasteiger partial charge in [0.2, 0.25) is 0 Å². The van der Waals surface area contributed by atoms with E-state index in [0.29, 0.717) is 5.76 Å². The molecule has 5 heteroatoms. The van der Waals surface area contributed by atoms with Crippen molar-refractivity contribution in [2.45, 2.75) is 4.90 Å². The van der Waals surface area contributed by atoms with Crippen molar-refractivity contribution in [2.75, 3.05) is 20.5 Å². The summed E-state index contributed by atoms with van der Waals surface area (Å²) in [6.07, 6.45) is 3.59. The van der Waals surface area contributed by atoms with E-state index in [-0.39, 0.29) is 0 Å². The first-order valence-corrected chi connectivity index (χ1v) is 6.23. The van der Waals surface area contributed by atoms with Crippen molar-refractivity contribution in [3.63, 3.8) is 0 Å². The van der Waals surface area contributed by atoms with Crippen molar-refractivity contribution in [1.82, 2.24) is 5.16 Å². The molecule has 4 nitrogen and oxygen atoms in total. The first kappa shape index (κ1) is 11.9. The number of benzene rings is 1. The summed E-state index contributed by atoms with van der Waals surface area (Å²) in [5.74, 6) is 2.20. The van der Waals surface area contributed by atoms with Gasteiger partial charge in [0.15, 0.2) is 5.76 Å². The highest BCUT2D eigenvalue weighted by molar-refractivity contribution is 7.98. The Kier molecular flexibility index (Phi) is 3.58. The molecule has 1 heterocycles. The second-order valence-electron chi connectivity index (χ2n) is 3.28. The van der Waals surface area contributed by atoms with Gasteiger partial charge in [-0.15, -0.1) is 11.8 Å². The maximum atomic E-state index is 5.35. The molecular formula is C12H13NO3S. The third kappa shape index (κ3) is 2.24. The van der Waals surface area contributed by atoms with E-state index in [1.54, 1.807) is 38.2 Å². The fourth-order valence-corrected chi connectivity index (χ4v) is 2.14. The smallest absolute Gasteiger partial charge is 0.170 e. The molecule has 17 heavy (non-hydrogen) atoms. The largest absolute Gasteiger partial charge is 0.496 e. The van der Waals surface area contributed by atoms with E-state index in [1.807, 2.05) is 18.4 Å². The lowest BCUT2D eigenvalue weighted by atomic mass is 10.1. The topological polar surface area (TPSA) is 44.5 Å². The molecule has 0 aliphatic carbocycles. The summed E-state index contributed by atoms with van der Waals surface area (Å²) in [6, 6.07) is 5.61. The quantitative estimate of drug-likeness (QED) is 0.781. The normalized spacial score (nSPS) is 10.3. The number of methoxy groups -OCH3 is 2. The number of ether oxygens (including phenoxy) is 2. The molecule has 0 bridgehead atoms. The molecule has 0 amide bonds. The molecule has 0 N–H and O–H groups in total. The zero-order valence-corrected chi connectivity index (χ0v) is 10.7. The van der Waals surface area contributed by atoms with E-state index >= 15 is 0 Å². The Bertz CT molecular complexity index is 497. The van der Waals surface area contributed by atoms with Crippen LogP contribution in [0.25, 0.3) is 11.3 Å². The lowest BCUT2D eigenvalue weighted by Gasteiger charge is -2.11. The summed E-state index contributed by atoms with van der Waals surface area (Å²) in [5, 5.41) is 3.70. The van der Waals surface area contributed by atoms with Gasteiger partial charge in [-0.05, 0) is 18.4 Å². The molecule has 0 aliphatic heterocycles. The van der Waals surface area contributed by atoms with Crippen LogP contribution in [0, 0.1) is 0 Å². The monoisotopic (exact) mass is 251 g/mol. The summed E-state index contributed by atoms with van der Waals surface area (Å²) in [6.45, 7) is 0. The van der Waals surface area contributed by atoms with E-state index in [2.05, 4.69) is 5.16 Å². The van der Waals surface area contributed by atoms with Gasteiger partial charge in [0.25, 0.3) is 0 Å². The standard InChI is InChI=1S/C12H13NO3S/c1-14-10-7-12(17-3)11(15-2)6-8(10)9-4-5-13-16-9/h4-7H,1-3H3. The lowest BCUT2D eigenvalue weighted by Crippen LogP contribution is -1.92. The van der Waals surface area contributed by atoms with E-state index in [9.17, 15) is 0 Å². The fraction of sp³-hybridized carbons (Fsp3) is 0.250. The van der Waals surface area contributed by atoms with Crippen molar-refractivity contribution >= 4 is 11.8 Å². The second kappa shape index (κ2) is 5.14. The Hall–Kier alpha value is -1.62. The van der Waals surface area contributed by atoms with Gasteiger partial charge in [-0.3, -0.25) is 0 Å². The molecule has 0 spiro atoms. The molecule has 0 atom stereocenters. The van der Waals surface area contributed by atoms with Gasteiger partial charge in [-0.1, -0.05) is 5.16 Å². The van der Waals surface area contributed by atoms with Gasteiger partial charge < -0.3 is 14.0 Å². The van der Waals surface area contributed by atoms with Gasteiger partial charge >= 0.3 is 0 Å². The number of thioether (sulfide) groups is 1. The summed E-state index contributed by atoms with van der Waals surface area (Å²) in [7, 11) is 3.28. The molecule has 0 radical (unpaired) electrons. The number of hydrogen-bond acceptors (Lipinski definition) is 5. The van der Waals surface area contributed by atoms with Crippen LogP contribution in [0.4, 0.5) is 0 Å². The van der Waals surface area contributed by atoms with E-state index in [0.717, 1.165) is 22.0 Å². The van der Waals surface area contributed by atoms with Crippen LogP contribution in [0.2, 0.25) is 0 Å². The molecule has 0 saturated carbocycles. The van der Waals surface area contributed by atoms with E-state index in [4.69, 9.17) is 14.0 Å². The number of rotatable bonds is 4.